The number of allylic oxidation sites excluding steroid dienone is 2. The largest absolute Gasteiger partial charge is 0.493 e. The number of ether oxygens (including phenoxy) is 4. The summed E-state index contributed by atoms with van der Waals surface area (Å²) in [5.41, 5.74) is 9.24. The fraction of sp³-hybridized carbons (Fsp3) is 0.434. The van der Waals surface area contributed by atoms with E-state index in [0.717, 1.165) is 125 Å². The molecule has 5 heterocycles. The molecular formula is C106H126N2O10S2Si. The number of aryl methyl sites for hydroxylation is 2. The first-order valence-electron chi connectivity index (χ1n) is 46.0. The molecule has 14 rings (SSSR count). The molecule has 4 amide bonds. The fourth-order valence-corrected chi connectivity index (χ4v) is 29.0. The molecule has 11 aromatic rings. The first-order chi connectivity index (χ1) is 59.3. The Bertz CT molecular complexity index is 5470. The summed E-state index contributed by atoms with van der Waals surface area (Å²) >= 11 is 3.72. The van der Waals surface area contributed by atoms with Crippen molar-refractivity contribution in [1.82, 2.24) is 0 Å². The molecule has 0 fully saturated rings. The molecule has 9 aromatic carbocycles. The number of carbonyl (C=O) groups excluding carboxylic acids is 4. The van der Waals surface area contributed by atoms with Gasteiger partial charge in [-0.25, -0.2) is 9.80 Å². The predicted octanol–water partition coefficient (Wildman–Crippen LogP) is 29.1. The summed E-state index contributed by atoms with van der Waals surface area (Å²) in [6, 6.07) is 52.2. The zero-order valence-electron chi connectivity index (χ0n) is 73.1. The standard InChI is InChI=1S/C106H126N2O10S2Si/c1-9-13-17-21-25-27-29-31-33-43-59-117-99-75(69-109)64-77(66-86(99)115-7)107-103(111)81-55-53-80-94-83(88-57-58-90(120-88)102-93(74-49-41-38-42-50-74)92(73-47-39-37-40-48-73)101(89-56-51-72(6)119-89)121(102,61-45-35-23-19-15-11-3)62-46-36-24-20-16-12-4)68-85-96-82(54-52-79(98(94)96)91-71(5)63-84(105(107)113)95(81)97(80)91)104(112)108(106(85)114)78-65-76(70-110)100(87(67-78)116-8)118-60-44-34-32-30-28-26-22-18-14-10-2/h37-42,47-58,63-68,109-110H,9-36,43-46,59-62,69-70H2,1-8H3. The summed E-state index contributed by atoms with van der Waals surface area (Å²) in [4.78, 5) is 71.6. The summed E-state index contributed by atoms with van der Waals surface area (Å²) in [5, 5.41) is 31.0. The molecule has 0 aliphatic carbocycles. The second-order valence-electron chi connectivity index (χ2n) is 34.2. The van der Waals surface area contributed by atoms with Crippen molar-refractivity contribution in [3.63, 3.8) is 0 Å². The lowest BCUT2D eigenvalue weighted by atomic mass is 9.79. The second kappa shape index (κ2) is 41.8. The zero-order valence-corrected chi connectivity index (χ0v) is 75.7. The van der Waals surface area contributed by atoms with Crippen LogP contribution < -0.4 is 28.7 Å². The molecule has 2 aromatic heterocycles. The maximum absolute atomic E-state index is 16.6. The van der Waals surface area contributed by atoms with Gasteiger partial charge in [0.05, 0.1) is 52.0 Å². The van der Waals surface area contributed by atoms with E-state index in [1.807, 2.05) is 54.7 Å². The maximum Gasteiger partial charge on any atom is 0.266 e. The highest BCUT2D eigenvalue weighted by Gasteiger charge is 2.51. The minimum atomic E-state index is -2.89. The third kappa shape index (κ3) is 18.4. The van der Waals surface area contributed by atoms with Gasteiger partial charge in [0, 0.05) is 81.4 Å². The molecule has 0 unspecified atom stereocenters. The monoisotopic (exact) mass is 1680 g/mol. The van der Waals surface area contributed by atoms with Crippen LogP contribution in [0.5, 0.6) is 23.0 Å². The van der Waals surface area contributed by atoms with Crippen LogP contribution >= 0.6 is 22.7 Å². The first-order valence-corrected chi connectivity index (χ1v) is 50.0. The molecule has 0 saturated carbocycles. The first kappa shape index (κ1) is 88.1. The number of aliphatic hydroxyl groups excluding tert-OH is 2. The molecule has 12 nitrogen and oxygen atoms in total. The SMILES string of the molecule is CCCCCCCCCCCCOc1c(CO)cc(N2C(=O)c3ccc4c5c(-c6ccc(C7=C(c8ccccc8)C(c8ccccc8)=C(c8ccc(C)s8)[Si]7(CCCCCCCC)CCCCCCCC)s6)cc6c7c(ccc(c8c(C)cc(c3c48)C2=O)c75)C(=O)N(c2cc(CO)c(OCCCCCCCCCCCC)c(OC)c2)C6=O)cc1OC. The molecule has 121 heavy (non-hydrogen) atoms. The Hall–Kier alpha value is -9.22. The molecule has 0 spiro atoms. The summed E-state index contributed by atoms with van der Waals surface area (Å²) in [6.07, 6.45) is 37.8. The number of nitrogens with zero attached hydrogens (tertiary/aromatic N) is 2. The lowest BCUT2D eigenvalue weighted by molar-refractivity contribution is 0.0877. The van der Waals surface area contributed by atoms with Crippen LogP contribution in [-0.4, -0.2) is 69.3 Å². The van der Waals surface area contributed by atoms with Gasteiger partial charge in [-0.15, -0.1) is 22.7 Å². The van der Waals surface area contributed by atoms with Crippen LogP contribution in [0.4, 0.5) is 11.4 Å². The zero-order chi connectivity index (χ0) is 84.5. The number of unbranched alkanes of at least 4 members (excludes halogenated alkanes) is 28. The number of fused-ring (bicyclic) bond motifs is 2. The van der Waals surface area contributed by atoms with E-state index in [9.17, 15) is 10.2 Å². The lowest BCUT2D eigenvalue weighted by Crippen LogP contribution is -2.41. The van der Waals surface area contributed by atoms with Crippen LogP contribution in [0.25, 0.3) is 75.1 Å². The van der Waals surface area contributed by atoms with Gasteiger partial charge in [-0.05, 0) is 170 Å². The topological polar surface area (TPSA) is 152 Å². The number of rotatable bonds is 49. The Labute approximate surface area is 727 Å². The third-order valence-corrected chi connectivity index (χ3v) is 33.8. The number of benzene rings is 9. The van der Waals surface area contributed by atoms with Crippen molar-refractivity contribution >= 4 is 130 Å². The highest BCUT2D eigenvalue weighted by Crippen LogP contribution is 2.62. The number of hydrogen-bond donors (Lipinski definition) is 2. The number of amides is 4. The van der Waals surface area contributed by atoms with E-state index in [4.69, 9.17) is 18.9 Å². The number of imide groups is 2. The molecule has 3 aliphatic heterocycles. The average molecular weight is 1680 g/mol. The molecule has 636 valence electrons. The number of anilines is 2. The number of hydrogen-bond acceptors (Lipinski definition) is 12. The summed E-state index contributed by atoms with van der Waals surface area (Å²) in [5.74, 6) is -0.708. The van der Waals surface area contributed by atoms with Gasteiger partial charge in [-0.2, -0.15) is 0 Å². The summed E-state index contributed by atoms with van der Waals surface area (Å²) in [7, 11) is 0.195. The Balaban J connectivity index is 0.936. The van der Waals surface area contributed by atoms with Gasteiger partial charge in [0.25, 0.3) is 23.6 Å². The van der Waals surface area contributed by atoms with Crippen molar-refractivity contribution in [3.8, 4) is 33.4 Å². The van der Waals surface area contributed by atoms with Crippen LogP contribution in [0, 0.1) is 13.8 Å². The molecule has 0 radical (unpaired) electrons. The third-order valence-electron chi connectivity index (χ3n) is 25.9. The maximum atomic E-state index is 16.6. The van der Waals surface area contributed by atoms with E-state index in [2.05, 4.69) is 120 Å². The summed E-state index contributed by atoms with van der Waals surface area (Å²) < 4.78 is 25.0. The van der Waals surface area contributed by atoms with Crippen LogP contribution in [0.15, 0.2) is 146 Å². The van der Waals surface area contributed by atoms with E-state index in [1.165, 1.54) is 200 Å². The van der Waals surface area contributed by atoms with E-state index < -0.39 is 44.9 Å². The number of methoxy groups -OCH3 is 2. The minimum absolute atomic E-state index is 0.247. The Morgan fingerprint density at radius 1 is 0.347 bits per heavy atom. The molecule has 3 aliphatic rings. The van der Waals surface area contributed by atoms with Gasteiger partial charge >= 0.3 is 0 Å². The van der Waals surface area contributed by atoms with Crippen molar-refractivity contribution in [2.45, 2.75) is 272 Å². The van der Waals surface area contributed by atoms with E-state index in [0.29, 0.717) is 80.4 Å². The van der Waals surface area contributed by atoms with E-state index in [1.54, 1.807) is 47.9 Å². The van der Waals surface area contributed by atoms with Crippen molar-refractivity contribution in [2.24, 2.45) is 0 Å². The van der Waals surface area contributed by atoms with Crippen molar-refractivity contribution in [1.29, 1.82) is 0 Å². The molecule has 0 saturated heterocycles. The Morgan fingerprint density at radius 2 is 0.719 bits per heavy atom. The van der Waals surface area contributed by atoms with Crippen molar-refractivity contribution in [2.75, 3.05) is 37.2 Å². The average Bonchev–Trinajstić information content (AvgIpc) is 1.40. The van der Waals surface area contributed by atoms with Crippen LogP contribution in [0.3, 0.4) is 0 Å². The minimum Gasteiger partial charge on any atom is -0.493 e. The van der Waals surface area contributed by atoms with Crippen LogP contribution in [-0.2, 0) is 13.2 Å². The fourth-order valence-electron chi connectivity index (χ4n) is 19.9. The summed E-state index contributed by atoms with van der Waals surface area (Å²) in [6.45, 7) is 13.3. The smallest absolute Gasteiger partial charge is 0.266 e. The van der Waals surface area contributed by atoms with Gasteiger partial charge < -0.3 is 29.2 Å². The molecule has 2 N–H and O–H groups in total. The highest BCUT2D eigenvalue weighted by atomic mass is 32.1. The molecular weight excluding hydrogens is 1550 g/mol. The number of carbonyl (C=O) groups is 4. The molecule has 0 bridgehead atoms. The Morgan fingerprint density at radius 3 is 1.13 bits per heavy atom. The van der Waals surface area contributed by atoms with Crippen molar-refractivity contribution in [3.05, 3.63) is 210 Å². The van der Waals surface area contributed by atoms with Gasteiger partial charge in [-0.1, -0.05) is 293 Å². The quantitative estimate of drug-likeness (QED) is 0.0124. The van der Waals surface area contributed by atoms with Gasteiger partial charge in [0.1, 0.15) is 8.07 Å². The van der Waals surface area contributed by atoms with Gasteiger partial charge in [-0.3, -0.25) is 19.2 Å². The molecule has 15 heteroatoms. The number of thiophene rings is 2. The van der Waals surface area contributed by atoms with Crippen LogP contribution in [0.2, 0.25) is 12.1 Å². The van der Waals surface area contributed by atoms with Crippen LogP contribution in [0.1, 0.15) is 317 Å². The highest BCUT2D eigenvalue weighted by molar-refractivity contribution is 7.25. The van der Waals surface area contributed by atoms with Gasteiger partial charge in [0.2, 0.25) is 0 Å². The Kier molecular flexibility index (Phi) is 30.4. The van der Waals surface area contributed by atoms with E-state index in [-0.39, 0.29) is 11.4 Å². The lowest BCUT2D eigenvalue weighted by Gasteiger charge is -2.34. The number of aliphatic hydroxyl groups is 2. The van der Waals surface area contributed by atoms with E-state index >= 15 is 19.2 Å². The van der Waals surface area contributed by atoms with Gasteiger partial charge in [0.15, 0.2) is 23.0 Å². The van der Waals surface area contributed by atoms with Crippen molar-refractivity contribution < 1.29 is 48.3 Å². The second-order valence-corrected chi connectivity index (χ2v) is 40.8. The normalized spacial score (nSPS) is 14.0. The molecule has 0 atom stereocenters. The predicted molar refractivity (Wildman–Crippen MR) is 508 cm³/mol.